The number of carbonyl (C=O) groups is 3. The van der Waals surface area contributed by atoms with Crippen LogP contribution < -0.4 is 10.6 Å². The van der Waals surface area contributed by atoms with Crippen molar-refractivity contribution in [3.05, 3.63) is 59.7 Å². The summed E-state index contributed by atoms with van der Waals surface area (Å²) in [5.41, 5.74) is 3.28. The minimum absolute atomic E-state index is 0.0158. The van der Waals surface area contributed by atoms with Crippen molar-refractivity contribution in [1.82, 2.24) is 4.90 Å². The standard InChI is InChI=1S/C27H30BrN3O4S/c1-14-8-7-9-15(2)21(14)30-25(34)23-27-12-18(28)22(36-27)19(20(27)26(35)31(23)16(3)13-32)24(33)29-17-10-5-4-6-11-17/h4-11,16,18-20,22-23,32H,12-13H2,1-3H3,(H,29,33)(H,30,34)/t16-,18?,19-,20+,22-,23?,27?/m1/s1. The number of aryl methyl sites for hydroxylation is 2. The van der Waals surface area contributed by atoms with Crippen LogP contribution in [0.2, 0.25) is 0 Å². The third kappa shape index (κ3) is 3.87. The Kier molecular flexibility index (Phi) is 6.68. The summed E-state index contributed by atoms with van der Waals surface area (Å²) in [6, 6.07) is 13.7. The number of aliphatic hydroxyl groups excluding tert-OH is 1. The monoisotopic (exact) mass is 571 g/mol. The number of benzene rings is 2. The van der Waals surface area contributed by atoms with Gasteiger partial charge in [-0.2, -0.15) is 0 Å². The first-order valence-electron chi connectivity index (χ1n) is 12.2. The number of nitrogens with zero attached hydrogens (tertiary/aromatic N) is 1. The van der Waals surface area contributed by atoms with Crippen molar-refractivity contribution in [3.8, 4) is 0 Å². The Hall–Kier alpha value is -2.36. The third-order valence-electron chi connectivity index (χ3n) is 7.79. The largest absolute Gasteiger partial charge is 0.394 e. The van der Waals surface area contributed by atoms with E-state index in [0.717, 1.165) is 16.8 Å². The Morgan fingerprint density at radius 3 is 2.42 bits per heavy atom. The molecular weight excluding hydrogens is 542 g/mol. The number of nitrogens with one attached hydrogen (secondary N) is 2. The number of fused-ring (bicyclic) bond motifs is 1. The maximum atomic E-state index is 14.0. The number of likely N-dealkylation sites (tertiary alicyclic amines) is 1. The second-order valence-corrected chi connectivity index (χ2v) is 12.8. The quantitative estimate of drug-likeness (QED) is 0.459. The molecule has 1 spiro atoms. The highest BCUT2D eigenvalue weighted by Crippen LogP contribution is 2.68. The number of amides is 3. The Morgan fingerprint density at radius 1 is 1.11 bits per heavy atom. The molecule has 3 heterocycles. The first-order chi connectivity index (χ1) is 17.2. The number of rotatable bonds is 6. The second-order valence-electron chi connectivity index (χ2n) is 10.1. The zero-order chi connectivity index (χ0) is 25.8. The fourth-order valence-electron chi connectivity index (χ4n) is 6.18. The van der Waals surface area contributed by atoms with Gasteiger partial charge < -0.3 is 20.6 Å². The van der Waals surface area contributed by atoms with Crippen molar-refractivity contribution in [1.29, 1.82) is 0 Å². The Balaban J connectivity index is 1.53. The number of thioether (sulfide) groups is 1. The maximum Gasteiger partial charge on any atom is 0.248 e. The predicted octanol–water partition coefficient (Wildman–Crippen LogP) is 3.73. The first-order valence-corrected chi connectivity index (χ1v) is 14.0. The molecule has 190 valence electrons. The normalized spacial score (nSPS) is 31.3. The van der Waals surface area contributed by atoms with Crippen LogP contribution in [0.25, 0.3) is 0 Å². The predicted molar refractivity (Wildman–Crippen MR) is 145 cm³/mol. The number of carbonyl (C=O) groups excluding carboxylic acids is 3. The van der Waals surface area contributed by atoms with Crippen molar-refractivity contribution in [2.45, 2.75) is 54.1 Å². The van der Waals surface area contributed by atoms with Gasteiger partial charge in [0.25, 0.3) is 0 Å². The van der Waals surface area contributed by atoms with Crippen molar-refractivity contribution in [2.24, 2.45) is 11.8 Å². The summed E-state index contributed by atoms with van der Waals surface area (Å²) in [5.74, 6) is -1.96. The molecule has 9 heteroatoms. The molecule has 3 unspecified atom stereocenters. The van der Waals surface area contributed by atoms with Gasteiger partial charge in [0, 0.05) is 21.5 Å². The van der Waals surface area contributed by atoms with Crippen LogP contribution in [0.5, 0.6) is 0 Å². The van der Waals surface area contributed by atoms with Crippen LogP contribution >= 0.6 is 27.7 Å². The van der Waals surface area contributed by atoms with E-state index in [4.69, 9.17) is 0 Å². The lowest BCUT2D eigenvalue weighted by atomic mass is 9.70. The van der Waals surface area contributed by atoms with E-state index in [0.29, 0.717) is 12.1 Å². The highest BCUT2D eigenvalue weighted by atomic mass is 79.9. The number of hydrogen-bond acceptors (Lipinski definition) is 5. The van der Waals surface area contributed by atoms with Gasteiger partial charge in [-0.05, 0) is 50.5 Å². The summed E-state index contributed by atoms with van der Waals surface area (Å²) < 4.78 is -0.765. The van der Waals surface area contributed by atoms with Gasteiger partial charge >= 0.3 is 0 Å². The summed E-state index contributed by atoms with van der Waals surface area (Å²) in [6.45, 7) is 5.35. The lowest BCUT2D eigenvalue weighted by Crippen LogP contribution is -2.54. The summed E-state index contributed by atoms with van der Waals surface area (Å²) in [4.78, 5) is 43.0. The average molecular weight is 573 g/mol. The number of halogens is 1. The molecule has 0 aliphatic carbocycles. The van der Waals surface area contributed by atoms with Gasteiger partial charge in [-0.25, -0.2) is 0 Å². The summed E-state index contributed by atoms with van der Waals surface area (Å²) in [7, 11) is 0. The Labute approximate surface area is 223 Å². The second kappa shape index (κ2) is 9.50. The highest BCUT2D eigenvalue weighted by Gasteiger charge is 2.76. The van der Waals surface area contributed by atoms with Crippen molar-refractivity contribution in [2.75, 3.05) is 17.2 Å². The molecule has 3 aliphatic rings. The number of aliphatic hydroxyl groups is 1. The van der Waals surface area contributed by atoms with Gasteiger partial charge in [0.15, 0.2) is 0 Å². The molecule has 7 nitrogen and oxygen atoms in total. The van der Waals surface area contributed by atoms with E-state index in [1.54, 1.807) is 18.7 Å². The zero-order valence-electron chi connectivity index (χ0n) is 20.4. The topological polar surface area (TPSA) is 98.7 Å². The van der Waals surface area contributed by atoms with E-state index in [-0.39, 0.29) is 34.4 Å². The molecule has 3 saturated heterocycles. The molecule has 2 bridgehead atoms. The van der Waals surface area contributed by atoms with Crippen molar-refractivity contribution < 1.29 is 19.5 Å². The zero-order valence-corrected chi connectivity index (χ0v) is 22.8. The molecule has 3 amide bonds. The van der Waals surface area contributed by atoms with E-state index in [2.05, 4.69) is 26.6 Å². The van der Waals surface area contributed by atoms with Gasteiger partial charge in [0.05, 0.1) is 29.2 Å². The minimum atomic E-state index is -0.805. The Morgan fingerprint density at radius 2 is 1.78 bits per heavy atom. The van der Waals surface area contributed by atoms with Crippen LogP contribution in [-0.2, 0) is 14.4 Å². The van der Waals surface area contributed by atoms with Crippen LogP contribution in [0, 0.1) is 25.7 Å². The van der Waals surface area contributed by atoms with Crippen molar-refractivity contribution in [3.63, 3.8) is 0 Å². The van der Waals surface area contributed by atoms with Crippen LogP contribution in [0.3, 0.4) is 0 Å². The average Bonchev–Trinajstić information content (AvgIpc) is 3.45. The minimum Gasteiger partial charge on any atom is -0.394 e. The van der Waals surface area contributed by atoms with E-state index in [1.807, 2.05) is 62.4 Å². The van der Waals surface area contributed by atoms with Crippen molar-refractivity contribution >= 4 is 56.8 Å². The fraction of sp³-hybridized carbons (Fsp3) is 0.444. The first kappa shape index (κ1) is 25.3. The number of para-hydroxylation sites is 2. The van der Waals surface area contributed by atoms with Gasteiger partial charge in [-0.15, -0.1) is 11.8 Å². The number of anilines is 2. The molecule has 0 aromatic heterocycles. The van der Waals surface area contributed by atoms with Crippen LogP contribution in [0.4, 0.5) is 11.4 Å². The molecule has 36 heavy (non-hydrogen) atoms. The highest BCUT2D eigenvalue weighted by molar-refractivity contribution is 9.09. The smallest absolute Gasteiger partial charge is 0.248 e. The lowest BCUT2D eigenvalue weighted by Gasteiger charge is -2.36. The lowest BCUT2D eigenvalue weighted by molar-refractivity contribution is -0.140. The number of alkyl halides is 1. The molecular formula is C27H30BrN3O4S. The summed E-state index contributed by atoms with van der Waals surface area (Å²) in [6.07, 6.45) is 0.591. The molecule has 0 radical (unpaired) electrons. The van der Waals surface area contributed by atoms with Crippen LogP contribution in [0.15, 0.2) is 48.5 Å². The molecule has 0 saturated carbocycles. The van der Waals surface area contributed by atoms with E-state index in [9.17, 15) is 19.5 Å². The molecule has 2 aromatic carbocycles. The molecule has 7 atom stereocenters. The molecule has 3 aliphatic heterocycles. The summed E-state index contributed by atoms with van der Waals surface area (Å²) >= 11 is 5.35. The SMILES string of the molecule is Cc1cccc(C)c1NC(=O)C1N([C@H](C)CO)C(=O)[C@@H]2[C@@H](C(=O)Nc3ccccc3)[C@@H]3SC12CC3Br. The molecule has 3 fully saturated rings. The van der Waals surface area contributed by atoms with Gasteiger partial charge in [-0.3, -0.25) is 14.4 Å². The van der Waals surface area contributed by atoms with Gasteiger partial charge in [0.1, 0.15) is 6.04 Å². The molecule has 2 aromatic rings. The third-order valence-corrected chi connectivity index (χ3v) is 11.0. The van der Waals surface area contributed by atoms with E-state index < -0.39 is 28.7 Å². The van der Waals surface area contributed by atoms with E-state index in [1.165, 1.54) is 4.90 Å². The fourth-order valence-corrected chi connectivity index (χ4v) is 9.78. The number of hydrogen-bond donors (Lipinski definition) is 3. The van der Waals surface area contributed by atoms with E-state index >= 15 is 0 Å². The Bertz CT molecular complexity index is 1190. The van der Waals surface area contributed by atoms with Crippen LogP contribution in [0.1, 0.15) is 24.5 Å². The van der Waals surface area contributed by atoms with Gasteiger partial charge in [0.2, 0.25) is 17.7 Å². The molecule has 3 N–H and O–H groups in total. The summed E-state index contributed by atoms with van der Waals surface area (Å²) in [5, 5.41) is 16.0. The van der Waals surface area contributed by atoms with Crippen LogP contribution in [-0.4, -0.2) is 61.2 Å². The van der Waals surface area contributed by atoms with Gasteiger partial charge in [-0.1, -0.05) is 52.3 Å². The molecule has 5 rings (SSSR count). The maximum absolute atomic E-state index is 14.0.